The molecule has 10 heteroatoms. The number of primary sulfonamides is 1. The average Bonchev–Trinajstić information content (AvgIpc) is 2.78. The van der Waals surface area contributed by atoms with E-state index < -0.39 is 15.9 Å². The van der Waals surface area contributed by atoms with Crippen molar-refractivity contribution in [3.05, 3.63) is 45.3 Å². The van der Waals surface area contributed by atoms with Crippen LogP contribution in [0.25, 0.3) is 0 Å². The standard InChI is InChI=1S/C11H7Cl3N2O4S/c12-7-3-5(21(15,18)19)4-8(13)9(7)16-11(17)6-1-2-20-10(6)14/h1-4H,(H,16,17)(H2,15,18,19). The summed E-state index contributed by atoms with van der Waals surface area (Å²) in [4.78, 5) is 11.7. The Kier molecular flexibility index (Phi) is 4.50. The van der Waals surface area contributed by atoms with Crippen molar-refractivity contribution < 1.29 is 17.6 Å². The minimum atomic E-state index is -3.96. The summed E-state index contributed by atoms with van der Waals surface area (Å²) in [6.07, 6.45) is 1.24. The van der Waals surface area contributed by atoms with Gasteiger partial charge in [-0.2, -0.15) is 0 Å². The molecule has 0 saturated carbocycles. The molecule has 0 aliphatic rings. The van der Waals surface area contributed by atoms with Crippen molar-refractivity contribution in [1.82, 2.24) is 0 Å². The number of carbonyl (C=O) groups excluding carboxylic acids is 1. The van der Waals surface area contributed by atoms with Crippen molar-refractivity contribution in [3.63, 3.8) is 0 Å². The fraction of sp³-hybridized carbons (Fsp3) is 0. The van der Waals surface area contributed by atoms with Gasteiger partial charge in [0.25, 0.3) is 5.91 Å². The third-order valence-corrected chi connectivity index (χ3v) is 4.23. The quantitative estimate of drug-likeness (QED) is 0.867. The van der Waals surface area contributed by atoms with Gasteiger partial charge in [0.2, 0.25) is 15.2 Å². The van der Waals surface area contributed by atoms with E-state index in [-0.39, 0.29) is 31.4 Å². The van der Waals surface area contributed by atoms with Crippen LogP contribution in [0.1, 0.15) is 10.4 Å². The lowest BCUT2D eigenvalue weighted by molar-refractivity contribution is 0.102. The van der Waals surface area contributed by atoms with Gasteiger partial charge in [0.1, 0.15) is 0 Å². The minimum Gasteiger partial charge on any atom is -0.452 e. The Hall–Kier alpha value is -1.25. The first kappa shape index (κ1) is 16.1. The second-order valence-corrected chi connectivity index (χ2v) is 6.59. The summed E-state index contributed by atoms with van der Waals surface area (Å²) in [6.45, 7) is 0. The number of halogens is 3. The van der Waals surface area contributed by atoms with Gasteiger partial charge in [-0.05, 0) is 29.8 Å². The van der Waals surface area contributed by atoms with Crippen LogP contribution in [0.2, 0.25) is 15.3 Å². The predicted molar refractivity (Wildman–Crippen MR) is 79.5 cm³/mol. The minimum absolute atomic E-state index is 0.0352. The van der Waals surface area contributed by atoms with E-state index in [1.165, 1.54) is 12.3 Å². The van der Waals surface area contributed by atoms with E-state index in [1.54, 1.807) is 0 Å². The number of rotatable bonds is 3. The van der Waals surface area contributed by atoms with E-state index in [1.807, 2.05) is 0 Å². The lowest BCUT2D eigenvalue weighted by atomic mass is 10.2. The van der Waals surface area contributed by atoms with Gasteiger partial charge in [-0.15, -0.1) is 0 Å². The van der Waals surface area contributed by atoms with E-state index in [4.69, 9.17) is 44.4 Å². The summed E-state index contributed by atoms with van der Waals surface area (Å²) < 4.78 is 27.3. The molecule has 21 heavy (non-hydrogen) atoms. The largest absolute Gasteiger partial charge is 0.452 e. The maximum absolute atomic E-state index is 12.0. The first-order valence-corrected chi connectivity index (χ1v) is 7.94. The van der Waals surface area contributed by atoms with Crippen molar-refractivity contribution in [2.75, 3.05) is 5.32 Å². The van der Waals surface area contributed by atoms with Crippen LogP contribution in [0, 0.1) is 0 Å². The molecule has 0 fully saturated rings. The number of amides is 1. The number of furan rings is 1. The first-order valence-electron chi connectivity index (χ1n) is 5.26. The van der Waals surface area contributed by atoms with Crippen molar-refractivity contribution in [1.29, 1.82) is 0 Å². The maximum Gasteiger partial charge on any atom is 0.260 e. The van der Waals surface area contributed by atoms with Gasteiger partial charge < -0.3 is 9.73 Å². The van der Waals surface area contributed by atoms with Crippen molar-refractivity contribution in [3.8, 4) is 0 Å². The molecule has 6 nitrogen and oxygen atoms in total. The van der Waals surface area contributed by atoms with Crippen LogP contribution in [-0.4, -0.2) is 14.3 Å². The lowest BCUT2D eigenvalue weighted by Crippen LogP contribution is -2.14. The average molecular weight is 370 g/mol. The molecule has 0 saturated heterocycles. The maximum atomic E-state index is 12.0. The Bertz CT molecular complexity index is 794. The SMILES string of the molecule is NS(=O)(=O)c1cc(Cl)c(NC(=O)c2ccoc2Cl)c(Cl)c1. The van der Waals surface area contributed by atoms with E-state index in [0.717, 1.165) is 12.1 Å². The van der Waals surface area contributed by atoms with Gasteiger partial charge in [0.15, 0.2) is 0 Å². The van der Waals surface area contributed by atoms with Gasteiger partial charge in [0.05, 0.1) is 32.5 Å². The number of nitrogens with one attached hydrogen (secondary N) is 1. The molecule has 1 amide bonds. The van der Waals surface area contributed by atoms with Crippen LogP contribution in [-0.2, 0) is 10.0 Å². The Labute approximate surface area is 134 Å². The Balaban J connectivity index is 2.38. The van der Waals surface area contributed by atoms with Gasteiger partial charge in [-0.3, -0.25) is 4.79 Å². The molecule has 0 aliphatic carbocycles. The van der Waals surface area contributed by atoms with Crippen LogP contribution in [0.5, 0.6) is 0 Å². The Morgan fingerprint density at radius 3 is 2.19 bits per heavy atom. The van der Waals surface area contributed by atoms with Crippen molar-refractivity contribution in [2.24, 2.45) is 5.14 Å². The normalized spacial score (nSPS) is 11.4. The zero-order valence-electron chi connectivity index (χ0n) is 10.1. The molecule has 1 aromatic heterocycles. The highest BCUT2D eigenvalue weighted by molar-refractivity contribution is 7.89. The molecule has 112 valence electrons. The van der Waals surface area contributed by atoms with E-state index in [9.17, 15) is 13.2 Å². The zero-order valence-corrected chi connectivity index (χ0v) is 13.1. The number of hydrogen-bond acceptors (Lipinski definition) is 4. The Morgan fingerprint density at radius 1 is 1.19 bits per heavy atom. The smallest absolute Gasteiger partial charge is 0.260 e. The highest BCUT2D eigenvalue weighted by Gasteiger charge is 2.19. The van der Waals surface area contributed by atoms with Crippen molar-refractivity contribution in [2.45, 2.75) is 4.90 Å². The van der Waals surface area contributed by atoms with E-state index in [0.29, 0.717) is 0 Å². The molecule has 3 N–H and O–H groups in total. The molecular formula is C11H7Cl3N2O4S. The molecule has 2 rings (SSSR count). The second kappa shape index (κ2) is 5.86. The third kappa shape index (κ3) is 3.50. The van der Waals surface area contributed by atoms with Crippen LogP contribution in [0.3, 0.4) is 0 Å². The third-order valence-electron chi connectivity index (χ3n) is 2.45. The molecule has 2 aromatic rings. The zero-order chi connectivity index (χ0) is 15.8. The summed E-state index contributed by atoms with van der Waals surface area (Å²) in [7, 11) is -3.96. The number of benzene rings is 1. The predicted octanol–water partition coefficient (Wildman–Crippen LogP) is 3.14. The molecule has 0 aliphatic heterocycles. The molecule has 1 aromatic carbocycles. The topological polar surface area (TPSA) is 102 Å². The van der Waals surface area contributed by atoms with Gasteiger partial charge >= 0.3 is 0 Å². The Morgan fingerprint density at radius 2 is 1.76 bits per heavy atom. The van der Waals surface area contributed by atoms with Crippen LogP contribution >= 0.6 is 34.8 Å². The molecule has 0 atom stereocenters. The highest BCUT2D eigenvalue weighted by Crippen LogP contribution is 2.33. The molecule has 0 radical (unpaired) electrons. The monoisotopic (exact) mass is 368 g/mol. The first-order chi connectivity index (χ1) is 9.70. The van der Waals surface area contributed by atoms with Crippen LogP contribution < -0.4 is 10.5 Å². The second-order valence-electron chi connectivity index (χ2n) is 3.87. The highest BCUT2D eigenvalue weighted by atomic mass is 35.5. The lowest BCUT2D eigenvalue weighted by Gasteiger charge is -2.10. The molecule has 0 spiro atoms. The number of sulfonamides is 1. The summed E-state index contributed by atoms with van der Waals surface area (Å²) in [5, 5.41) is 7.13. The van der Waals surface area contributed by atoms with E-state index >= 15 is 0 Å². The summed E-state index contributed by atoms with van der Waals surface area (Å²) >= 11 is 17.5. The van der Waals surface area contributed by atoms with Crippen LogP contribution in [0.15, 0.2) is 33.8 Å². The number of hydrogen-bond donors (Lipinski definition) is 2. The van der Waals surface area contributed by atoms with Crippen molar-refractivity contribution >= 4 is 56.4 Å². The molecular weight excluding hydrogens is 363 g/mol. The summed E-state index contributed by atoms with van der Waals surface area (Å²) in [5.41, 5.74) is 0.118. The van der Waals surface area contributed by atoms with E-state index in [2.05, 4.69) is 5.32 Å². The fourth-order valence-corrected chi connectivity index (χ4v) is 2.95. The molecule has 0 unspecified atom stereocenters. The van der Waals surface area contributed by atoms with Crippen LogP contribution in [0.4, 0.5) is 5.69 Å². The number of anilines is 1. The number of carbonyl (C=O) groups is 1. The fourth-order valence-electron chi connectivity index (χ4n) is 1.47. The van der Waals surface area contributed by atoms with Gasteiger partial charge in [-0.1, -0.05) is 23.2 Å². The molecule has 1 heterocycles. The van der Waals surface area contributed by atoms with Gasteiger partial charge in [0, 0.05) is 0 Å². The molecule has 0 bridgehead atoms. The summed E-state index contributed by atoms with van der Waals surface area (Å²) in [6, 6.07) is 3.52. The summed E-state index contributed by atoms with van der Waals surface area (Å²) in [5.74, 6) is -0.610. The van der Waals surface area contributed by atoms with Gasteiger partial charge in [-0.25, -0.2) is 13.6 Å². The number of nitrogens with two attached hydrogens (primary N) is 1.